The molecule has 0 aromatic heterocycles. The molecule has 0 bridgehead atoms. The predicted molar refractivity (Wildman–Crippen MR) is 108 cm³/mol. The van der Waals surface area contributed by atoms with Crippen LogP contribution in [0.1, 0.15) is 58.6 Å². The maximum Gasteiger partial charge on any atom is 0.331 e. The molecule has 1 atom stereocenters. The summed E-state index contributed by atoms with van der Waals surface area (Å²) in [5.41, 5.74) is -0.701. The van der Waals surface area contributed by atoms with Crippen molar-refractivity contribution in [3.8, 4) is 0 Å². The van der Waals surface area contributed by atoms with Crippen molar-refractivity contribution < 1.29 is 28.3 Å². The van der Waals surface area contributed by atoms with E-state index in [1.165, 1.54) is 23.1 Å². The van der Waals surface area contributed by atoms with Gasteiger partial charge in [-0.05, 0) is 64.8 Å². The van der Waals surface area contributed by atoms with Gasteiger partial charge >= 0.3 is 5.97 Å². The maximum absolute atomic E-state index is 14.8. The first-order chi connectivity index (χ1) is 13.8. The normalized spacial score (nSPS) is 21.1. The molecule has 1 fully saturated rings. The van der Waals surface area contributed by atoms with E-state index in [1.807, 2.05) is 0 Å². The number of anilines is 1. The number of carbonyl (C=O) groups excluding carboxylic acids is 4. The Bertz CT molecular complexity index is 974. The topological polar surface area (TPSA) is 92.8 Å². The smallest absolute Gasteiger partial charge is 0.331 e. The Morgan fingerprint density at radius 1 is 1.27 bits per heavy atom. The Morgan fingerprint density at radius 3 is 2.53 bits per heavy atom. The molecule has 0 aliphatic carbocycles. The van der Waals surface area contributed by atoms with Gasteiger partial charge in [-0.1, -0.05) is 0 Å². The number of nitrogens with one attached hydrogen (secondary N) is 1. The van der Waals surface area contributed by atoms with E-state index in [4.69, 9.17) is 4.74 Å². The van der Waals surface area contributed by atoms with Crippen molar-refractivity contribution in [2.24, 2.45) is 0 Å². The molecule has 1 aromatic carbocycles. The number of piperidine rings is 1. The number of amides is 3. The molecule has 2 aliphatic rings. The largest absolute Gasteiger partial charge is 0.457 e. The fourth-order valence-electron chi connectivity index (χ4n) is 3.66. The van der Waals surface area contributed by atoms with E-state index in [9.17, 15) is 23.6 Å². The number of hydrogen-bond acceptors (Lipinski definition) is 5. The minimum absolute atomic E-state index is 0.106. The lowest BCUT2D eigenvalue weighted by Gasteiger charge is -2.31. The number of carbonyl (C=O) groups is 4. The second-order valence-electron chi connectivity index (χ2n) is 9.02. The molecule has 1 saturated heterocycles. The Kier molecular flexibility index (Phi) is 5.30. The van der Waals surface area contributed by atoms with Gasteiger partial charge in [0.1, 0.15) is 17.5 Å². The second-order valence-corrected chi connectivity index (χ2v) is 9.02. The summed E-state index contributed by atoms with van der Waals surface area (Å²) in [6.07, 6.45) is 2.72. The first kappa shape index (κ1) is 21.7. The molecule has 3 rings (SSSR count). The summed E-state index contributed by atoms with van der Waals surface area (Å²) >= 11 is 0. The molecule has 0 radical (unpaired) electrons. The Labute approximate surface area is 174 Å². The highest BCUT2D eigenvalue weighted by Crippen LogP contribution is 2.44. The van der Waals surface area contributed by atoms with Crippen LogP contribution in [0.4, 0.5) is 10.1 Å². The zero-order valence-corrected chi connectivity index (χ0v) is 17.7. The summed E-state index contributed by atoms with van der Waals surface area (Å²) in [6.45, 7) is 8.57. The van der Waals surface area contributed by atoms with E-state index in [0.717, 1.165) is 6.08 Å². The zero-order valence-electron chi connectivity index (χ0n) is 17.7. The van der Waals surface area contributed by atoms with Gasteiger partial charge in [0.15, 0.2) is 0 Å². The van der Waals surface area contributed by atoms with Crippen molar-refractivity contribution >= 4 is 35.5 Å². The third-order valence-electron chi connectivity index (χ3n) is 5.13. The predicted octanol–water partition coefficient (Wildman–Crippen LogP) is 2.61. The van der Waals surface area contributed by atoms with Gasteiger partial charge in [0.25, 0.3) is 0 Å². The summed E-state index contributed by atoms with van der Waals surface area (Å²) in [6, 6.07) is 1.83. The third kappa shape index (κ3) is 3.99. The van der Waals surface area contributed by atoms with Crippen LogP contribution in [0.15, 0.2) is 18.2 Å². The van der Waals surface area contributed by atoms with E-state index < -0.39 is 40.7 Å². The Balaban J connectivity index is 1.97. The summed E-state index contributed by atoms with van der Waals surface area (Å²) in [5.74, 6) is -2.56. The molecule has 1 aromatic rings. The molecular formula is C22H25FN2O5. The quantitative estimate of drug-likeness (QED) is 0.465. The van der Waals surface area contributed by atoms with Gasteiger partial charge in [0.2, 0.25) is 17.7 Å². The molecule has 2 heterocycles. The minimum Gasteiger partial charge on any atom is -0.457 e. The van der Waals surface area contributed by atoms with Gasteiger partial charge in [-0.3, -0.25) is 24.6 Å². The highest BCUT2D eigenvalue weighted by atomic mass is 19.1. The van der Waals surface area contributed by atoms with Crippen LogP contribution < -0.4 is 10.2 Å². The molecule has 7 nitrogen and oxygen atoms in total. The first-order valence-electron chi connectivity index (χ1n) is 9.74. The summed E-state index contributed by atoms with van der Waals surface area (Å²) in [7, 11) is 0. The van der Waals surface area contributed by atoms with Gasteiger partial charge in [0, 0.05) is 18.1 Å². The number of halogens is 1. The minimum atomic E-state index is -1.00. The van der Waals surface area contributed by atoms with Crippen LogP contribution in [0.3, 0.4) is 0 Å². The van der Waals surface area contributed by atoms with Gasteiger partial charge in [0.05, 0.1) is 11.1 Å². The number of benzene rings is 1. The highest BCUT2D eigenvalue weighted by molar-refractivity contribution is 6.13. The molecule has 0 spiro atoms. The fraction of sp³-hybridized carbons (Fsp3) is 0.455. The van der Waals surface area contributed by atoms with Crippen molar-refractivity contribution in [3.63, 3.8) is 0 Å². The molecule has 2 aliphatic heterocycles. The lowest BCUT2D eigenvalue weighted by atomic mass is 9.85. The molecular weight excluding hydrogens is 391 g/mol. The van der Waals surface area contributed by atoms with Crippen molar-refractivity contribution in [3.05, 3.63) is 35.2 Å². The van der Waals surface area contributed by atoms with Crippen LogP contribution in [0.5, 0.6) is 0 Å². The molecule has 0 saturated carbocycles. The maximum atomic E-state index is 14.8. The van der Waals surface area contributed by atoms with Crippen LogP contribution in [0.25, 0.3) is 6.08 Å². The second kappa shape index (κ2) is 7.34. The average Bonchev–Trinajstić information content (AvgIpc) is 2.78. The summed E-state index contributed by atoms with van der Waals surface area (Å²) < 4.78 is 20.0. The monoisotopic (exact) mass is 416 g/mol. The number of nitrogens with zero attached hydrogens (tertiary/aromatic N) is 1. The highest BCUT2D eigenvalue weighted by Gasteiger charge is 2.49. The lowest BCUT2D eigenvalue weighted by Crippen LogP contribution is -2.55. The standard InChI is InChI=1S/C22H25FN2O5/c1-21(2,3)30-18(27)9-6-12-10-13-16(11-14(12)23)25(20(29)22(13,4)5)15-7-8-17(26)24-19(15)28/h6,9-11,15H,7-8H2,1-5H3,(H,24,26,28)/b9-6+. The number of esters is 1. The van der Waals surface area contributed by atoms with Gasteiger partial charge in [-0.25, -0.2) is 9.18 Å². The van der Waals surface area contributed by atoms with Crippen molar-refractivity contribution in [1.29, 1.82) is 0 Å². The van der Waals surface area contributed by atoms with Gasteiger partial charge < -0.3 is 4.74 Å². The van der Waals surface area contributed by atoms with E-state index in [2.05, 4.69) is 5.32 Å². The van der Waals surface area contributed by atoms with E-state index in [-0.39, 0.29) is 24.3 Å². The SMILES string of the molecule is CC(C)(C)OC(=O)/C=C/c1cc2c(cc1F)N(C1CCC(=O)NC1=O)C(=O)C2(C)C. The summed E-state index contributed by atoms with van der Waals surface area (Å²) in [5, 5.41) is 2.23. The summed E-state index contributed by atoms with van der Waals surface area (Å²) in [4.78, 5) is 50.1. The van der Waals surface area contributed by atoms with Crippen molar-refractivity contribution in [2.75, 3.05) is 4.90 Å². The zero-order chi connectivity index (χ0) is 22.4. The molecule has 1 N–H and O–H groups in total. The van der Waals surface area contributed by atoms with Crippen LogP contribution in [0.2, 0.25) is 0 Å². The molecule has 160 valence electrons. The Hall–Kier alpha value is -3.03. The number of imide groups is 1. The van der Waals surface area contributed by atoms with Crippen molar-refractivity contribution in [1.82, 2.24) is 5.32 Å². The number of ether oxygens (including phenoxy) is 1. The van der Waals surface area contributed by atoms with E-state index in [0.29, 0.717) is 11.3 Å². The van der Waals surface area contributed by atoms with Crippen LogP contribution in [-0.2, 0) is 29.3 Å². The number of hydrogen-bond donors (Lipinski definition) is 1. The third-order valence-corrected chi connectivity index (χ3v) is 5.13. The van der Waals surface area contributed by atoms with E-state index >= 15 is 0 Å². The number of rotatable bonds is 3. The lowest BCUT2D eigenvalue weighted by molar-refractivity contribution is -0.148. The van der Waals surface area contributed by atoms with Gasteiger partial charge in [-0.15, -0.1) is 0 Å². The van der Waals surface area contributed by atoms with Gasteiger partial charge in [-0.2, -0.15) is 0 Å². The van der Waals surface area contributed by atoms with Crippen molar-refractivity contribution in [2.45, 2.75) is 64.5 Å². The average molecular weight is 416 g/mol. The number of fused-ring (bicyclic) bond motifs is 1. The molecule has 8 heteroatoms. The first-order valence-corrected chi connectivity index (χ1v) is 9.74. The molecule has 1 unspecified atom stereocenters. The van der Waals surface area contributed by atoms with Crippen LogP contribution >= 0.6 is 0 Å². The van der Waals surface area contributed by atoms with E-state index in [1.54, 1.807) is 34.6 Å². The molecule has 30 heavy (non-hydrogen) atoms. The fourth-order valence-corrected chi connectivity index (χ4v) is 3.66. The van der Waals surface area contributed by atoms with Crippen LogP contribution in [-0.4, -0.2) is 35.3 Å². The molecule has 3 amide bonds. The Morgan fingerprint density at radius 2 is 1.93 bits per heavy atom. The van der Waals surface area contributed by atoms with Crippen LogP contribution in [0, 0.1) is 5.82 Å².